The lowest BCUT2D eigenvalue weighted by molar-refractivity contribution is 0.0220. The first kappa shape index (κ1) is 18.9. The molecule has 3 rings (SSSR count). The van der Waals surface area contributed by atoms with Crippen LogP contribution in [0.25, 0.3) is 5.57 Å². The van der Waals surface area contributed by atoms with Gasteiger partial charge in [-0.05, 0) is 31.4 Å². The van der Waals surface area contributed by atoms with Crippen molar-refractivity contribution in [1.82, 2.24) is 15.1 Å². The molecular formula is C21H32N4O. The van der Waals surface area contributed by atoms with Crippen LogP contribution < -0.4 is 5.32 Å². The fourth-order valence-corrected chi connectivity index (χ4v) is 3.55. The van der Waals surface area contributed by atoms with E-state index >= 15 is 0 Å². The van der Waals surface area contributed by atoms with E-state index in [2.05, 4.69) is 65.4 Å². The maximum absolute atomic E-state index is 5.45. The number of ether oxygens (including phenoxy) is 1. The molecule has 1 unspecified atom stereocenters. The van der Waals surface area contributed by atoms with Gasteiger partial charge in [-0.1, -0.05) is 36.4 Å². The SMILES string of the molecule is CCNC(=NCC(C)N1CCOCC1)N1CC=C(c2ccccc2)CC1. The van der Waals surface area contributed by atoms with Crippen LogP contribution in [0.5, 0.6) is 0 Å². The topological polar surface area (TPSA) is 40.1 Å². The van der Waals surface area contributed by atoms with E-state index in [1.54, 1.807) is 0 Å². The summed E-state index contributed by atoms with van der Waals surface area (Å²) >= 11 is 0. The summed E-state index contributed by atoms with van der Waals surface area (Å²) in [6, 6.07) is 11.1. The van der Waals surface area contributed by atoms with Gasteiger partial charge in [0.2, 0.25) is 0 Å². The Hall–Kier alpha value is -1.85. The fraction of sp³-hybridized carbons (Fsp3) is 0.571. The average Bonchev–Trinajstić information content (AvgIpc) is 2.72. The smallest absolute Gasteiger partial charge is 0.194 e. The van der Waals surface area contributed by atoms with Crippen molar-refractivity contribution in [2.45, 2.75) is 26.3 Å². The minimum atomic E-state index is 0.452. The van der Waals surface area contributed by atoms with Crippen LogP contribution in [0.1, 0.15) is 25.8 Å². The van der Waals surface area contributed by atoms with Crippen LogP contribution in [0.2, 0.25) is 0 Å². The van der Waals surface area contributed by atoms with Crippen LogP contribution in [-0.2, 0) is 4.74 Å². The van der Waals surface area contributed by atoms with Gasteiger partial charge in [0.1, 0.15) is 0 Å². The predicted molar refractivity (Wildman–Crippen MR) is 108 cm³/mol. The second-order valence-electron chi connectivity index (χ2n) is 6.98. The van der Waals surface area contributed by atoms with Gasteiger partial charge in [0.15, 0.2) is 5.96 Å². The molecule has 0 spiro atoms. The molecule has 2 heterocycles. The third kappa shape index (κ3) is 5.08. The van der Waals surface area contributed by atoms with E-state index in [0.717, 1.165) is 64.9 Å². The Morgan fingerprint density at radius 1 is 1.19 bits per heavy atom. The number of nitrogens with zero attached hydrogens (tertiary/aromatic N) is 3. The molecular weight excluding hydrogens is 324 g/mol. The predicted octanol–water partition coefficient (Wildman–Crippen LogP) is 2.46. The zero-order valence-corrected chi connectivity index (χ0v) is 16.2. The molecule has 1 aromatic carbocycles. The van der Waals surface area contributed by atoms with Crippen LogP contribution >= 0.6 is 0 Å². The molecule has 0 aliphatic carbocycles. The van der Waals surface area contributed by atoms with Crippen molar-refractivity contribution >= 4 is 11.5 Å². The van der Waals surface area contributed by atoms with Gasteiger partial charge in [-0.15, -0.1) is 0 Å². The summed E-state index contributed by atoms with van der Waals surface area (Å²) in [4.78, 5) is 9.77. The Bertz CT molecular complexity index is 608. The van der Waals surface area contributed by atoms with E-state index in [-0.39, 0.29) is 0 Å². The highest BCUT2D eigenvalue weighted by Crippen LogP contribution is 2.22. The highest BCUT2D eigenvalue weighted by molar-refractivity contribution is 5.81. The molecule has 0 aromatic heterocycles. The number of morpholine rings is 1. The van der Waals surface area contributed by atoms with Gasteiger partial charge in [0, 0.05) is 38.8 Å². The van der Waals surface area contributed by atoms with Crippen molar-refractivity contribution in [3.63, 3.8) is 0 Å². The van der Waals surface area contributed by atoms with Gasteiger partial charge in [-0.3, -0.25) is 9.89 Å². The number of hydrogen-bond donors (Lipinski definition) is 1. The van der Waals surface area contributed by atoms with E-state index in [0.29, 0.717) is 6.04 Å². The number of hydrogen-bond acceptors (Lipinski definition) is 3. The van der Waals surface area contributed by atoms with Crippen molar-refractivity contribution in [3.8, 4) is 0 Å². The second kappa shape index (κ2) is 9.74. The number of guanidine groups is 1. The molecule has 0 bridgehead atoms. The molecule has 1 fully saturated rings. The van der Waals surface area contributed by atoms with Gasteiger partial charge < -0.3 is 15.0 Å². The van der Waals surface area contributed by atoms with Gasteiger partial charge >= 0.3 is 0 Å². The van der Waals surface area contributed by atoms with Crippen molar-refractivity contribution in [2.24, 2.45) is 4.99 Å². The summed E-state index contributed by atoms with van der Waals surface area (Å²) in [5.41, 5.74) is 2.79. The maximum atomic E-state index is 5.45. The van der Waals surface area contributed by atoms with Crippen molar-refractivity contribution in [3.05, 3.63) is 42.0 Å². The first-order chi connectivity index (χ1) is 12.8. The van der Waals surface area contributed by atoms with Gasteiger partial charge in [-0.25, -0.2) is 0 Å². The molecule has 2 aliphatic heterocycles. The molecule has 5 heteroatoms. The lowest BCUT2D eigenvalue weighted by Crippen LogP contribution is -2.46. The zero-order chi connectivity index (χ0) is 18.2. The minimum Gasteiger partial charge on any atom is -0.379 e. The highest BCUT2D eigenvalue weighted by Gasteiger charge is 2.19. The van der Waals surface area contributed by atoms with Gasteiger partial charge in [0.05, 0.1) is 19.8 Å². The third-order valence-corrected chi connectivity index (χ3v) is 5.16. The molecule has 142 valence electrons. The Morgan fingerprint density at radius 3 is 2.62 bits per heavy atom. The number of aliphatic imine (C=N–C) groups is 1. The first-order valence-electron chi connectivity index (χ1n) is 9.87. The van der Waals surface area contributed by atoms with E-state index in [1.165, 1.54) is 11.1 Å². The largest absolute Gasteiger partial charge is 0.379 e. The van der Waals surface area contributed by atoms with Gasteiger partial charge in [-0.2, -0.15) is 0 Å². The molecule has 5 nitrogen and oxygen atoms in total. The Labute approximate surface area is 157 Å². The maximum Gasteiger partial charge on any atom is 0.194 e. The normalized spacial score (nSPS) is 20.6. The van der Waals surface area contributed by atoms with Crippen LogP contribution in [-0.4, -0.2) is 74.3 Å². The summed E-state index contributed by atoms with van der Waals surface area (Å²) in [7, 11) is 0. The van der Waals surface area contributed by atoms with E-state index < -0.39 is 0 Å². The molecule has 0 radical (unpaired) electrons. The Kier molecular flexibility index (Phi) is 7.09. The lowest BCUT2D eigenvalue weighted by atomic mass is 10.00. The van der Waals surface area contributed by atoms with Crippen LogP contribution in [0.3, 0.4) is 0 Å². The van der Waals surface area contributed by atoms with Crippen molar-refractivity contribution in [1.29, 1.82) is 0 Å². The summed E-state index contributed by atoms with van der Waals surface area (Å²) in [6.45, 7) is 11.8. The molecule has 0 amide bonds. The van der Waals surface area contributed by atoms with Gasteiger partial charge in [0.25, 0.3) is 0 Å². The monoisotopic (exact) mass is 356 g/mol. The van der Waals surface area contributed by atoms with E-state index in [9.17, 15) is 0 Å². The summed E-state index contributed by atoms with van der Waals surface area (Å²) in [5.74, 6) is 1.04. The Morgan fingerprint density at radius 2 is 1.96 bits per heavy atom. The third-order valence-electron chi connectivity index (χ3n) is 5.16. The molecule has 1 N–H and O–H groups in total. The summed E-state index contributed by atoms with van der Waals surface area (Å²) in [6.07, 6.45) is 3.41. The number of benzene rings is 1. The second-order valence-corrected chi connectivity index (χ2v) is 6.98. The lowest BCUT2D eigenvalue weighted by Gasteiger charge is -2.33. The number of rotatable bonds is 5. The van der Waals surface area contributed by atoms with Crippen LogP contribution in [0.4, 0.5) is 0 Å². The molecule has 1 atom stereocenters. The van der Waals surface area contributed by atoms with Crippen LogP contribution in [0, 0.1) is 0 Å². The van der Waals surface area contributed by atoms with E-state index in [1.807, 2.05) is 0 Å². The van der Waals surface area contributed by atoms with Crippen LogP contribution in [0.15, 0.2) is 41.4 Å². The standard InChI is InChI=1S/C21H32N4O/c1-3-22-21(23-17-18(2)24-13-15-26-16-14-24)25-11-9-20(10-12-25)19-7-5-4-6-8-19/h4-9,18H,3,10-17H2,1-2H3,(H,22,23). The minimum absolute atomic E-state index is 0.452. The molecule has 26 heavy (non-hydrogen) atoms. The van der Waals surface area contributed by atoms with E-state index in [4.69, 9.17) is 9.73 Å². The fourth-order valence-electron chi connectivity index (χ4n) is 3.55. The average molecular weight is 357 g/mol. The zero-order valence-electron chi connectivity index (χ0n) is 16.2. The quantitative estimate of drug-likeness (QED) is 0.650. The summed E-state index contributed by atoms with van der Waals surface area (Å²) in [5, 5.41) is 3.47. The molecule has 1 saturated heterocycles. The summed E-state index contributed by atoms with van der Waals surface area (Å²) < 4.78 is 5.45. The molecule has 1 aromatic rings. The first-order valence-corrected chi connectivity index (χ1v) is 9.87. The number of nitrogens with one attached hydrogen (secondary N) is 1. The Balaban J connectivity index is 1.60. The molecule has 0 saturated carbocycles. The van der Waals surface area contributed by atoms with Crippen molar-refractivity contribution in [2.75, 3.05) is 52.5 Å². The highest BCUT2D eigenvalue weighted by atomic mass is 16.5. The molecule has 2 aliphatic rings. The van der Waals surface area contributed by atoms with Crippen molar-refractivity contribution < 1.29 is 4.74 Å².